The van der Waals surface area contributed by atoms with Crippen LogP contribution in [0.4, 0.5) is 0 Å². The van der Waals surface area contributed by atoms with Crippen molar-refractivity contribution in [1.82, 2.24) is 14.8 Å². The number of hydrogen-bond donors (Lipinski definition) is 0. The molecule has 0 saturated carbocycles. The van der Waals surface area contributed by atoms with Crippen molar-refractivity contribution >= 4 is 5.91 Å². The molecule has 4 heteroatoms. The molecule has 24 heavy (non-hydrogen) atoms. The van der Waals surface area contributed by atoms with E-state index in [0.717, 1.165) is 43.6 Å². The summed E-state index contributed by atoms with van der Waals surface area (Å²) >= 11 is 0. The van der Waals surface area contributed by atoms with Gasteiger partial charge in [-0.2, -0.15) is 0 Å². The Labute approximate surface area is 143 Å². The Hall–Kier alpha value is -2.20. The lowest BCUT2D eigenvalue weighted by molar-refractivity contribution is 0.0731. The normalized spacial score (nSPS) is 23.5. The van der Waals surface area contributed by atoms with Gasteiger partial charge in [0.25, 0.3) is 5.91 Å². The van der Waals surface area contributed by atoms with E-state index >= 15 is 0 Å². The van der Waals surface area contributed by atoms with Crippen molar-refractivity contribution in [3.63, 3.8) is 0 Å². The summed E-state index contributed by atoms with van der Waals surface area (Å²) in [6, 6.07) is 12.9. The number of aromatic nitrogens is 1. The first-order valence-corrected chi connectivity index (χ1v) is 8.73. The molecule has 2 aliphatic rings. The lowest BCUT2D eigenvalue weighted by Gasteiger charge is -2.26. The number of benzene rings is 1. The van der Waals surface area contributed by atoms with Gasteiger partial charge < -0.3 is 4.90 Å². The van der Waals surface area contributed by atoms with Crippen molar-refractivity contribution in [2.24, 2.45) is 0 Å². The molecule has 4 nitrogen and oxygen atoms in total. The minimum Gasteiger partial charge on any atom is -0.334 e. The van der Waals surface area contributed by atoms with Crippen LogP contribution in [-0.4, -0.2) is 45.9 Å². The highest BCUT2D eigenvalue weighted by molar-refractivity contribution is 5.96. The predicted molar refractivity (Wildman–Crippen MR) is 93.7 cm³/mol. The Morgan fingerprint density at radius 3 is 2.75 bits per heavy atom. The van der Waals surface area contributed by atoms with Crippen molar-refractivity contribution in [3.8, 4) is 0 Å². The zero-order valence-electron chi connectivity index (χ0n) is 14.1. The number of carbonyl (C=O) groups excluding carboxylic acids is 1. The van der Waals surface area contributed by atoms with Crippen molar-refractivity contribution in [3.05, 3.63) is 65.5 Å². The second kappa shape index (κ2) is 6.36. The smallest absolute Gasteiger partial charge is 0.254 e. The van der Waals surface area contributed by atoms with Gasteiger partial charge in [-0.25, -0.2) is 0 Å². The number of fused-ring (bicyclic) bond motifs is 1. The van der Waals surface area contributed by atoms with Crippen molar-refractivity contribution in [2.75, 3.05) is 13.1 Å². The summed E-state index contributed by atoms with van der Waals surface area (Å²) in [4.78, 5) is 21.8. The molecule has 2 fully saturated rings. The number of amides is 1. The van der Waals surface area contributed by atoms with Crippen LogP contribution in [0.2, 0.25) is 0 Å². The highest BCUT2D eigenvalue weighted by Gasteiger charge is 2.44. The van der Waals surface area contributed by atoms with Gasteiger partial charge in [-0.15, -0.1) is 0 Å². The molecule has 0 bridgehead atoms. The van der Waals surface area contributed by atoms with Crippen LogP contribution in [0, 0.1) is 6.92 Å². The second-order valence-electron chi connectivity index (χ2n) is 6.86. The molecule has 2 aliphatic heterocycles. The van der Waals surface area contributed by atoms with Gasteiger partial charge >= 0.3 is 0 Å². The quantitative estimate of drug-likeness (QED) is 0.872. The fraction of sp³-hybridized carbons (Fsp3) is 0.400. The molecule has 2 aromatic rings. The lowest BCUT2D eigenvalue weighted by Crippen LogP contribution is -2.39. The van der Waals surface area contributed by atoms with E-state index in [1.807, 2.05) is 49.6 Å². The zero-order chi connectivity index (χ0) is 16.5. The third-order valence-corrected chi connectivity index (χ3v) is 5.44. The summed E-state index contributed by atoms with van der Waals surface area (Å²) in [5, 5.41) is 0. The maximum atomic E-state index is 13.0. The van der Waals surface area contributed by atoms with Crippen molar-refractivity contribution < 1.29 is 4.79 Å². The first kappa shape index (κ1) is 15.3. The third kappa shape index (κ3) is 2.71. The lowest BCUT2D eigenvalue weighted by atomic mass is 10.1. The van der Waals surface area contributed by atoms with Crippen LogP contribution in [-0.2, 0) is 6.54 Å². The molecule has 2 saturated heterocycles. The Balaban J connectivity index is 1.48. The molecule has 1 amide bonds. The van der Waals surface area contributed by atoms with Gasteiger partial charge in [0, 0.05) is 49.7 Å². The molecule has 4 rings (SSSR count). The Morgan fingerprint density at radius 1 is 1.12 bits per heavy atom. The van der Waals surface area contributed by atoms with E-state index in [-0.39, 0.29) is 5.91 Å². The highest BCUT2D eigenvalue weighted by atomic mass is 16.2. The monoisotopic (exact) mass is 321 g/mol. The molecule has 0 N–H and O–H groups in total. The van der Waals surface area contributed by atoms with Gasteiger partial charge in [-0.1, -0.05) is 24.3 Å². The Kier molecular flexibility index (Phi) is 4.07. The highest BCUT2D eigenvalue weighted by Crippen LogP contribution is 2.33. The van der Waals surface area contributed by atoms with Gasteiger partial charge in [0.05, 0.1) is 0 Å². The van der Waals surface area contributed by atoms with Gasteiger partial charge in [-0.3, -0.25) is 14.7 Å². The van der Waals surface area contributed by atoms with E-state index in [1.165, 1.54) is 5.56 Å². The van der Waals surface area contributed by atoms with E-state index in [4.69, 9.17) is 0 Å². The van der Waals surface area contributed by atoms with Crippen molar-refractivity contribution in [1.29, 1.82) is 0 Å². The Morgan fingerprint density at radius 2 is 1.96 bits per heavy atom. The SMILES string of the molecule is Cc1ccccc1C(=O)N1CC[C@H]2[C@H]1CCN2Cc1cccnc1. The maximum Gasteiger partial charge on any atom is 0.254 e. The molecular weight excluding hydrogens is 298 g/mol. The number of aryl methyl sites for hydroxylation is 1. The molecule has 124 valence electrons. The first-order chi connectivity index (χ1) is 11.7. The maximum absolute atomic E-state index is 13.0. The van der Waals surface area contributed by atoms with E-state index in [2.05, 4.69) is 20.9 Å². The zero-order valence-corrected chi connectivity index (χ0v) is 14.1. The van der Waals surface area contributed by atoms with Crippen LogP contribution in [0.1, 0.15) is 34.3 Å². The number of hydrogen-bond acceptors (Lipinski definition) is 3. The van der Waals surface area contributed by atoms with E-state index in [1.54, 1.807) is 0 Å². The first-order valence-electron chi connectivity index (χ1n) is 8.73. The number of carbonyl (C=O) groups is 1. The topological polar surface area (TPSA) is 36.4 Å². The fourth-order valence-corrected chi connectivity index (χ4v) is 4.22. The van der Waals surface area contributed by atoms with E-state index in [9.17, 15) is 4.79 Å². The summed E-state index contributed by atoms with van der Waals surface area (Å²) in [7, 11) is 0. The number of pyridine rings is 1. The number of rotatable bonds is 3. The molecule has 1 aromatic heterocycles. The van der Waals surface area contributed by atoms with E-state index < -0.39 is 0 Å². The number of nitrogens with zero attached hydrogens (tertiary/aromatic N) is 3. The number of likely N-dealkylation sites (tertiary alicyclic amines) is 2. The van der Waals surface area contributed by atoms with Gasteiger partial charge in [0.15, 0.2) is 0 Å². The molecule has 0 spiro atoms. The molecule has 0 aliphatic carbocycles. The summed E-state index contributed by atoms with van der Waals surface area (Å²) < 4.78 is 0. The summed E-state index contributed by atoms with van der Waals surface area (Å²) in [6.45, 7) is 4.87. The minimum absolute atomic E-state index is 0.198. The van der Waals surface area contributed by atoms with Crippen LogP contribution in [0.5, 0.6) is 0 Å². The second-order valence-corrected chi connectivity index (χ2v) is 6.86. The average Bonchev–Trinajstić information content (AvgIpc) is 3.19. The van der Waals surface area contributed by atoms with E-state index in [0.29, 0.717) is 12.1 Å². The van der Waals surface area contributed by atoms with Gasteiger partial charge in [-0.05, 0) is 43.0 Å². The van der Waals surface area contributed by atoms with Crippen LogP contribution in [0.3, 0.4) is 0 Å². The molecule has 3 heterocycles. The predicted octanol–water partition coefficient (Wildman–Crippen LogP) is 2.88. The van der Waals surface area contributed by atoms with Crippen molar-refractivity contribution in [2.45, 2.75) is 38.4 Å². The van der Waals surface area contributed by atoms with Crippen LogP contribution >= 0.6 is 0 Å². The van der Waals surface area contributed by atoms with Crippen LogP contribution < -0.4 is 0 Å². The standard InChI is InChI=1S/C20H23N3O/c1-15-5-2-3-7-17(15)20(24)23-12-9-18-19(23)8-11-22(18)14-16-6-4-10-21-13-16/h2-7,10,13,18-19H,8-9,11-12,14H2,1H3/t18-,19+/m0/s1. The molecule has 0 unspecified atom stereocenters. The van der Waals surface area contributed by atoms with Crippen LogP contribution in [0.15, 0.2) is 48.8 Å². The summed E-state index contributed by atoms with van der Waals surface area (Å²) in [5.74, 6) is 0.198. The largest absolute Gasteiger partial charge is 0.334 e. The fourth-order valence-electron chi connectivity index (χ4n) is 4.22. The van der Waals surface area contributed by atoms with Gasteiger partial charge in [0.1, 0.15) is 0 Å². The van der Waals surface area contributed by atoms with Crippen LogP contribution in [0.25, 0.3) is 0 Å². The molecule has 0 radical (unpaired) electrons. The third-order valence-electron chi connectivity index (χ3n) is 5.44. The summed E-state index contributed by atoms with van der Waals surface area (Å²) in [5.41, 5.74) is 3.17. The molecular formula is C20H23N3O. The Bertz CT molecular complexity index is 731. The van der Waals surface area contributed by atoms with Gasteiger partial charge in [0.2, 0.25) is 0 Å². The average molecular weight is 321 g/mol. The minimum atomic E-state index is 0.198. The summed E-state index contributed by atoms with van der Waals surface area (Å²) in [6.07, 6.45) is 5.90. The molecule has 1 aromatic carbocycles. The molecule has 2 atom stereocenters.